The zero-order chi connectivity index (χ0) is 23.8. The van der Waals surface area contributed by atoms with Crippen molar-refractivity contribution in [2.24, 2.45) is 5.73 Å². The molecule has 0 atom stereocenters. The molecule has 2 aromatic carbocycles. The molecule has 0 aliphatic carbocycles. The van der Waals surface area contributed by atoms with Crippen LogP contribution in [0.5, 0.6) is 0 Å². The number of primary amides is 1. The molecule has 0 radical (unpaired) electrons. The molecule has 2 amide bonds. The number of ether oxygens (including phenoxy) is 1. The molecule has 0 spiro atoms. The molecule has 3 N–H and O–H groups in total. The van der Waals surface area contributed by atoms with Gasteiger partial charge in [-0.25, -0.2) is 13.6 Å². The van der Waals surface area contributed by atoms with Crippen LogP contribution in [0.3, 0.4) is 0 Å². The molecule has 2 heterocycles. The Morgan fingerprint density at radius 2 is 1.88 bits per heavy atom. The smallest absolute Gasteiger partial charge is 0.314 e. The van der Waals surface area contributed by atoms with Gasteiger partial charge in [-0.3, -0.25) is 4.79 Å². The Bertz CT molecular complexity index is 1090. The summed E-state index contributed by atoms with van der Waals surface area (Å²) in [5, 5.41) is 1.19. The number of H-pyrrole nitrogens is 1. The molecule has 1 fully saturated rings. The molecule has 3 aromatic rings. The number of carbonyl (C=O) groups excluding carboxylic acids is 2. The van der Waals surface area contributed by atoms with Gasteiger partial charge < -0.3 is 20.4 Å². The third-order valence-corrected chi connectivity index (χ3v) is 5.79. The monoisotopic (exact) mass is 457 g/mol. The number of hydrogen-bond donors (Lipinski definition) is 2. The number of nitrogens with two attached hydrogens (primary N) is 1. The molecule has 33 heavy (non-hydrogen) atoms. The number of fused-ring (bicyclic) bond motifs is 1. The molecule has 0 saturated carbocycles. The predicted octanol–water partition coefficient (Wildman–Crippen LogP) is 4.89. The Labute approximate surface area is 191 Å². The standard InChI is InChI=1S/C13H15NO2.C12H14F2N2O/c1-2-16-13(15)8-7-10-9-14-12-6-4-3-5-11(10)12;13-9-1-2-10(11(14)7-9)8-3-5-16(6-4-8)12(15)17/h3-6,9,14H,2,7-8H2,1H3;1-2,7-8H,3-6H2,(H2,15,17). The van der Waals surface area contributed by atoms with Gasteiger partial charge in [-0.05, 0) is 55.4 Å². The maximum atomic E-state index is 13.5. The number of carbonyl (C=O) groups is 2. The average molecular weight is 458 g/mol. The van der Waals surface area contributed by atoms with Crippen LogP contribution >= 0.6 is 0 Å². The lowest BCUT2D eigenvalue weighted by atomic mass is 9.89. The second-order valence-electron chi connectivity index (χ2n) is 7.93. The molecule has 1 aromatic heterocycles. The highest BCUT2D eigenvalue weighted by molar-refractivity contribution is 5.83. The largest absolute Gasteiger partial charge is 0.466 e. The first-order valence-electron chi connectivity index (χ1n) is 11.1. The lowest BCUT2D eigenvalue weighted by Gasteiger charge is -2.31. The SMILES string of the molecule is CCOC(=O)CCc1c[nH]c2ccccc12.NC(=O)N1CCC(c2ccc(F)cc2F)CC1. The van der Waals surface area contributed by atoms with Crippen molar-refractivity contribution in [3.05, 3.63) is 71.4 Å². The van der Waals surface area contributed by atoms with E-state index in [1.807, 2.05) is 31.3 Å². The van der Waals surface area contributed by atoms with Crippen LogP contribution < -0.4 is 5.73 Å². The van der Waals surface area contributed by atoms with Crippen LogP contribution in [0.25, 0.3) is 10.9 Å². The average Bonchev–Trinajstić information content (AvgIpc) is 3.22. The van der Waals surface area contributed by atoms with Gasteiger partial charge in [0.15, 0.2) is 0 Å². The number of nitrogens with zero attached hydrogens (tertiary/aromatic N) is 1. The van der Waals surface area contributed by atoms with Crippen LogP contribution in [-0.4, -0.2) is 41.6 Å². The van der Waals surface area contributed by atoms with Gasteiger partial charge in [0.2, 0.25) is 0 Å². The summed E-state index contributed by atoms with van der Waals surface area (Å²) in [6, 6.07) is 11.3. The second kappa shape index (κ2) is 11.4. The molecule has 176 valence electrons. The summed E-state index contributed by atoms with van der Waals surface area (Å²) in [7, 11) is 0. The highest BCUT2D eigenvalue weighted by Gasteiger charge is 2.24. The molecule has 1 aliphatic heterocycles. The van der Waals surface area contributed by atoms with Gasteiger partial charge in [0.25, 0.3) is 0 Å². The zero-order valence-electron chi connectivity index (χ0n) is 18.7. The summed E-state index contributed by atoms with van der Waals surface area (Å²) < 4.78 is 31.2. The topological polar surface area (TPSA) is 88.4 Å². The molecule has 1 aliphatic rings. The minimum atomic E-state index is -0.569. The number of aryl methyl sites for hydroxylation is 1. The van der Waals surface area contributed by atoms with Gasteiger partial charge in [-0.1, -0.05) is 24.3 Å². The van der Waals surface area contributed by atoms with Crippen molar-refractivity contribution < 1.29 is 23.1 Å². The van der Waals surface area contributed by atoms with Crippen LogP contribution in [0.15, 0.2) is 48.7 Å². The van der Waals surface area contributed by atoms with Crippen molar-refractivity contribution in [3.63, 3.8) is 0 Å². The highest BCUT2D eigenvalue weighted by Crippen LogP contribution is 2.30. The van der Waals surface area contributed by atoms with E-state index < -0.39 is 17.7 Å². The van der Waals surface area contributed by atoms with Crippen molar-refractivity contribution in [2.45, 2.75) is 38.5 Å². The van der Waals surface area contributed by atoms with E-state index in [4.69, 9.17) is 10.5 Å². The highest BCUT2D eigenvalue weighted by atomic mass is 19.1. The lowest BCUT2D eigenvalue weighted by molar-refractivity contribution is -0.143. The summed E-state index contributed by atoms with van der Waals surface area (Å²) in [6.07, 6.45) is 4.44. The lowest BCUT2D eigenvalue weighted by Crippen LogP contribution is -2.41. The van der Waals surface area contributed by atoms with Gasteiger partial charge in [0.05, 0.1) is 6.61 Å². The molecular weight excluding hydrogens is 428 g/mol. The predicted molar refractivity (Wildman–Crippen MR) is 123 cm³/mol. The minimum absolute atomic E-state index is 0.0335. The Morgan fingerprint density at radius 1 is 1.15 bits per heavy atom. The maximum absolute atomic E-state index is 13.5. The number of halogens is 2. The van der Waals surface area contributed by atoms with Crippen molar-refractivity contribution in [1.29, 1.82) is 0 Å². The Hall–Kier alpha value is -3.42. The van der Waals surface area contributed by atoms with Gasteiger partial charge in [0, 0.05) is 42.7 Å². The van der Waals surface area contributed by atoms with E-state index in [0.717, 1.165) is 18.0 Å². The van der Waals surface area contributed by atoms with E-state index in [9.17, 15) is 18.4 Å². The van der Waals surface area contributed by atoms with Crippen molar-refractivity contribution >= 4 is 22.9 Å². The Kier molecular flexibility index (Phi) is 8.40. The molecule has 1 saturated heterocycles. The van der Waals surface area contributed by atoms with Gasteiger partial charge >= 0.3 is 12.0 Å². The number of nitrogens with one attached hydrogen (secondary N) is 1. The van der Waals surface area contributed by atoms with Crippen LogP contribution in [-0.2, 0) is 16.0 Å². The van der Waals surface area contributed by atoms with Gasteiger partial charge in [-0.2, -0.15) is 0 Å². The van der Waals surface area contributed by atoms with E-state index in [2.05, 4.69) is 11.1 Å². The number of piperidine rings is 1. The summed E-state index contributed by atoms with van der Waals surface area (Å²) in [5.41, 5.74) is 7.97. The number of urea groups is 1. The Morgan fingerprint density at radius 3 is 2.55 bits per heavy atom. The van der Waals surface area contributed by atoms with Crippen molar-refractivity contribution in [3.8, 4) is 0 Å². The van der Waals surface area contributed by atoms with Crippen LogP contribution in [0.1, 0.15) is 43.2 Å². The first-order chi connectivity index (χ1) is 15.9. The molecule has 0 bridgehead atoms. The third kappa shape index (κ3) is 6.54. The van der Waals surface area contributed by atoms with Crippen molar-refractivity contribution in [2.75, 3.05) is 19.7 Å². The van der Waals surface area contributed by atoms with Crippen molar-refractivity contribution in [1.82, 2.24) is 9.88 Å². The third-order valence-electron chi connectivity index (χ3n) is 5.79. The van der Waals surface area contributed by atoms with Gasteiger partial charge in [-0.15, -0.1) is 0 Å². The fourth-order valence-electron chi connectivity index (χ4n) is 4.05. The van der Waals surface area contributed by atoms with E-state index in [1.165, 1.54) is 28.0 Å². The number of hydrogen-bond acceptors (Lipinski definition) is 3. The van der Waals surface area contributed by atoms with E-state index in [0.29, 0.717) is 44.5 Å². The molecule has 0 unspecified atom stereocenters. The summed E-state index contributed by atoms with van der Waals surface area (Å²) in [4.78, 5) is 26.9. The number of rotatable bonds is 5. The zero-order valence-corrected chi connectivity index (χ0v) is 18.7. The number of esters is 1. The molecular formula is C25H29F2N3O3. The summed E-state index contributed by atoms with van der Waals surface area (Å²) in [5.74, 6) is -1.18. The summed E-state index contributed by atoms with van der Waals surface area (Å²) in [6.45, 7) is 3.32. The van der Waals surface area contributed by atoms with E-state index >= 15 is 0 Å². The molecule has 8 heteroatoms. The molecule has 6 nitrogen and oxygen atoms in total. The number of amides is 2. The van der Waals surface area contributed by atoms with Crippen LogP contribution in [0.4, 0.5) is 13.6 Å². The minimum Gasteiger partial charge on any atom is -0.466 e. The fraction of sp³-hybridized carbons (Fsp3) is 0.360. The normalized spacial score (nSPS) is 14.0. The second-order valence-corrected chi connectivity index (χ2v) is 7.93. The summed E-state index contributed by atoms with van der Waals surface area (Å²) >= 11 is 0. The first kappa shape index (κ1) is 24.2. The van der Waals surface area contributed by atoms with Crippen LogP contribution in [0.2, 0.25) is 0 Å². The van der Waals surface area contributed by atoms with Gasteiger partial charge in [0.1, 0.15) is 11.6 Å². The maximum Gasteiger partial charge on any atom is 0.314 e. The number of benzene rings is 2. The van der Waals surface area contributed by atoms with E-state index in [1.54, 1.807) is 0 Å². The fourth-order valence-corrected chi connectivity index (χ4v) is 4.05. The number of aromatic nitrogens is 1. The Balaban J connectivity index is 0.000000186. The number of para-hydroxylation sites is 1. The number of likely N-dealkylation sites (tertiary alicyclic amines) is 1. The van der Waals surface area contributed by atoms with E-state index in [-0.39, 0.29) is 11.9 Å². The molecule has 4 rings (SSSR count). The first-order valence-corrected chi connectivity index (χ1v) is 11.1. The quantitative estimate of drug-likeness (QED) is 0.535. The van der Waals surface area contributed by atoms with Crippen LogP contribution in [0, 0.1) is 11.6 Å². The number of aromatic amines is 1.